The molecule has 15 heavy (non-hydrogen) atoms. The molecule has 0 unspecified atom stereocenters. The maximum atomic E-state index is 11.1. The number of carbonyl (C=O) groups is 1. The van der Waals surface area contributed by atoms with Crippen LogP contribution in [0.1, 0.15) is 6.92 Å². The van der Waals surface area contributed by atoms with Crippen LogP contribution in [0.2, 0.25) is 10.0 Å². The second kappa shape index (κ2) is 5.83. The highest BCUT2D eigenvalue weighted by Crippen LogP contribution is 2.24. The zero-order valence-corrected chi connectivity index (χ0v) is 9.82. The van der Waals surface area contributed by atoms with Gasteiger partial charge < -0.3 is 10.6 Å². The minimum Gasteiger partial charge on any atom is -0.376 e. The molecule has 1 amide bonds. The summed E-state index contributed by atoms with van der Waals surface area (Å²) in [7, 11) is 0. The van der Waals surface area contributed by atoms with Crippen LogP contribution in [-0.2, 0) is 4.79 Å². The van der Waals surface area contributed by atoms with Crippen LogP contribution in [0.15, 0.2) is 18.2 Å². The van der Waals surface area contributed by atoms with Crippen LogP contribution < -0.4 is 10.6 Å². The van der Waals surface area contributed by atoms with Gasteiger partial charge in [0.15, 0.2) is 0 Å². The fourth-order valence-corrected chi connectivity index (χ4v) is 1.35. The molecule has 3 nitrogen and oxygen atoms in total. The van der Waals surface area contributed by atoms with Gasteiger partial charge in [0.05, 0.1) is 16.6 Å². The molecule has 0 spiro atoms. The van der Waals surface area contributed by atoms with E-state index in [-0.39, 0.29) is 12.5 Å². The van der Waals surface area contributed by atoms with Crippen molar-refractivity contribution in [2.45, 2.75) is 6.92 Å². The first-order valence-corrected chi connectivity index (χ1v) is 5.34. The van der Waals surface area contributed by atoms with Crippen molar-refractivity contribution < 1.29 is 4.79 Å². The van der Waals surface area contributed by atoms with Crippen molar-refractivity contribution in [1.29, 1.82) is 0 Å². The molecule has 0 aliphatic rings. The van der Waals surface area contributed by atoms with Crippen molar-refractivity contribution in [3.8, 4) is 0 Å². The molecular formula is C10H12Cl2N2O. The lowest BCUT2D eigenvalue weighted by atomic mass is 10.3. The number of hydrogen-bond acceptors (Lipinski definition) is 2. The number of hydrogen-bond donors (Lipinski definition) is 2. The van der Waals surface area contributed by atoms with E-state index >= 15 is 0 Å². The molecule has 0 saturated heterocycles. The van der Waals surface area contributed by atoms with E-state index in [1.54, 1.807) is 18.2 Å². The molecule has 0 aliphatic carbocycles. The summed E-state index contributed by atoms with van der Waals surface area (Å²) in [5, 5.41) is 6.59. The maximum absolute atomic E-state index is 11.1. The molecule has 5 heteroatoms. The standard InChI is InChI=1S/C10H12Cl2N2O/c1-2-13-10(15)6-14-7-3-4-8(11)9(12)5-7/h3-5,14H,2,6H2,1H3,(H,13,15). The summed E-state index contributed by atoms with van der Waals surface area (Å²) in [5.41, 5.74) is 0.774. The molecule has 0 heterocycles. The summed E-state index contributed by atoms with van der Waals surface area (Å²) >= 11 is 11.6. The summed E-state index contributed by atoms with van der Waals surface area (Å²) in [6, 6.07) is 5.14. The molecular weight excluding hydrogens is 235 g/mol. The Balaban J connectivity index is 2.51. The van der Waals surface area contributed by atoms with Gasteiger partial charge in [-0.2, -0.15) is 0 Å². The minimum atomic E-state index is -0.0522. The SMILES string of the molecule is CCNC(=O)CNc1ccc(Cl)c(Cl)c1. The molecule has 1 aromatic carbocycles. The van der Waals surface area contributed by atoms with Crippen molar-refractivity contribution in [3.05, 3.63) is 28.2 Å². The molecule has 82 valence electrons. The van der Waals surface area contributed by atoms with E-state index in [2.05, 4.69) is 10.6 Å². The summed E-state index contributed by atoms with van der Waals surface area (Å²) < 4.78 is 0. The molecule has 0 aromatic heterocycles. The van der Waals surface area contributed by atoms with E-state index in [0.29, 0.717) is 16.6 Å². The first kappa shape index (κ1) is 12.1. The average molecular weight is 247 g/mol. The van der Waals surface area contributed by atoms with Crippen molar-refractivity contribution in [3.63, 3.8) is 0 Å². The van der Waals surface area contributed by atoms with E-state index in [1.165, 1.54) is 0 Å². The van der Waals surface area contributed by atoms with Gasteiger partial charge in [-0.05, 0) is 25.1 Å². The van der Waals surface area contributed by atoms with Gasteiger partial charge in [-0.3, -0.25) is 4.79 Å². The van der Waals surface area contributed by atoms with Crippen molar-refractivity contribution >= 4 is 34.8 Å². The van der Waals surface area contributed by atoms with Crippen LogP contribution in [-0.4, -0.2) is 19.0 Å². The lowest BCUT2D eigenvalue weighted by Gasteiger charge is -2.07. The molecule has 0 aliphatic heterocycles. The van der Waals surface area contributed by atoms with E-state index < -0.39 is 0 Å². The number of benzene rings is 1. The van der Waals surface area contributed by atoms with Crippen LogP contribution in [0.5, 0.6) is 0 Å². The summed E-state index contributed by atoms with van der Waals surface area (Å²) in [6.07, 6.45) is 0. The third-order valence-corrected chi connectivity index (χ3v) is 2.49. The number of anilines is 1. The Labute approximate surface area is 98.8 Å². The van der Waals surface area contributed by atoms with Gasteiger partial charge in [-0.15, -0.1) is 0 Å². The highest BCUT2D eigenvalue weighted by Gasteiger charge is 2.01. The van der Waals surface area contributed by atoms with Gasteiger partial charge >= 0.3 is 0 Å². The van der Waals surface area contributed by atoms with Gasteiger partial charge in [0, 0.05) is 12.2 Å². The second-order valence-corrected chi connectivity index (χ2v) is 3.75. The predicted molar refractivity (Wildman–Crippen MR) is 63.6 cm³/mol. The molecule has 0 fully saturated rings. The van der Waals surface area contributed by atoms with Crippen LogP contribution in [0, 0.1) is 0 Å². The highest BCUT2D eigenvalue weighted by molar-refractivity contribution is 6.42. The Kier molecular flexibility index (Phi) is 4.72. The van der Waals surface area contributed by atoms with E-state index in [9.17, 15) is 4.79 Å². The molecule has 1 aromatic rings. The molecule has 2 N–H and O–H groups in total. The summed E-state index contributed by atoms with van der Waals surface area (Å²) in [4.78, 5) is 11.1. The number of likely N-dealkylation sites (N-methyl/N-ethyl adjacent to an activating group) is 1. The maximum Gasteiger partial charge on any atom is 0.239 e. The number of rotatable bonds is 4. The van der Waals surface area contributed by atoms with E-state index in [0.717, 1.165) is 5.69 Å². The molecule has 0 atom stereocenters. The van der Waals surface area contributed by atoms with Gasteiger partial charge in [0.1, 0.15) is 0 Å². The third-order valence-electron chi connectivity index (χ3n) is 1.75. The minimum absolute atomic E-state index is 0.0522. The first-order valence-electron chi connectivity index (χ1n) is 4.59. The van der Waals surface area contributed by atoms with Gasteiger partial charge in [0.2, 0.25) is 5.91 Å². The van der Waals surface area contributed by atoms with Crippen LogP contribution in [0.25, 0.3) is 0 Å². The highest BCUT2D eigenvalue weighted by atomic mass is 35.5. The number of amides is 1. The third kappa shape index (κ3) is 3.98. The molecule has 1 rings (SSSR count). The van der Waals surface area contributed by atoms with Gasteiger partial charge in [-0.1, -0.05) is 23.2 Å². The Hall–Kier alpha value is -0.930. The monoisotopic (exact) mass is 246 g/mol. The zero-order valence-electron chi connectivity index (χ0n) is 8.31. The Morgan fingerprint density at radius 2 is 2.07 bits per heavy atom. The van der Waals surface area contributed by atoms with Crippen LogP contribution in [0.4, 0.5) is 5.69 Å². The fourth-order valence-electron chi connectivity index (χ4n) is 1.05. The molecule has 0 radical (unpaired) electrons. The molecule has 0 bridgehead atoms. The lowest BCUT2D eigenvalue weighted by molar-refractivity contribution is -0.119. The van der Waals surface area contributed by atoms with E-state index in [1.807, 2.05) is 6.92 Å². The van der Waals surface area contributed by atoms with Crippen molar-refractivity contribution in [2.24, 2.45) is 0 Å². The summed E-state index contributed by atoms with van der Waals surface area (Å²) in [6.45, 7) is 2.73. The smallest absolute Gasteiger partial charge is 0.239 e. The fraction of sp³-hybridized carbons (Fsp3) is 0.300. The summed E-state index contributed by atoms with van der Waals surface area (Å²) in [5.74, 6) is -0.0522. The van der Waals surface area contributed by atoms with Gasteiger partial charge in [-0.25, -0.2) is 0 Å². The number of carbonyl (C=O) groups excluding carboxylic acids is 1. The first-order chi connectivity index (χ1) is 7.13. The van der Waals surface area contributed by atoms with E-state index in [4.69, 9.17) is 23.2 Å². The molecule has 0 saturated carbocycles. The Morgan fingerprint density at radius 1 is 1.33 bits per heavy atom. The zero-order chi connectivity index (χ0) is 11.3. The van der Waals surface area contributed by atoms with Crippen LogP contribution in [0.3, 0.4) is 0 Å². The number of nitrogens with one attached hydrogen (secondary N) is 2. The lowest BCUT2D eigenvalue weighted by Crippen LogP contribution is -2.29. The van der Waals surface area contributed by atoms with Crippen LogP contribution >= 0.6 is 23.2 Å². The normalized spacial score (nSPS) is 9.80. The number of halogens is 2. The Morgan fingerprint density at radius 3 is 2.67 bits per heavy atom. The van der Waals surface area contributed by atoms with Crippen molar-refractivity contribution in [2.75, 3.05) is 18.4 Å². The largest absolute Gasteiger partial charge is 0.376 e. The topological polar surface area (TPSA) is 41.1 Å². The predicted octanol–water partition coefficient (Wildman–Crippen LogP) is 2.54. The average Bonchev–Trinajstić information content (AvgIpc) is 2.20. The van der Waals surface area contributed by atoms with Gasteiger partial charge in [0.25, 0.3) is 0 Å². The van der Waals surface area contributed by atoms with Crippen molar-refractivity contribution in [1.82, 2.24) is 5.32 Å². The quantitative estimate of drug-likeness (QED) is 0.858. The second-order valence-electron chi connectivity index (χ2n) is 2.94. The Bertz CT molecular complexity index is 355.